The molecule has 7 heteroatoms. The second-order valence-electron chi connectivity index (χ2n) is 4.09. The van der Waals surface area contributed by atoms with Crippen molar-refractivity contribution in [2.45, 2.75) is 38.0 Å². The Bertz CT molecular complexity index is 435. The van der Waals surface area contributed by atoms with Crippen molar-refractivity contribution in [3.63, 3.8) is 0 Å². The first-order chi connectivity index (χ1) is 7.86. The van der Waals surface area contributed by atoms with E-state index in [2.05, 4.69) is 5.10 Å². The molecular weight excluding hydrogens is 237 g/mol. The maximum Gasteiger partial charge on any atom is 0.435 e. The number of halogens is 3. The number of ether oxygens (including phenoxy) is 1. The first-order valence-corrected chi connectivity index (χ1v) is 5.22. The molecule has 0 bridgehead atoms. The number of carbonyl (C=O) groups is 1. The Morgan fingerprint density at radius 2 is 2.24 bits per heavy atom. The van der Waals surface area contributed by atoms with E-state index in [1.807, 2.05) is 12.0 Å². The van der Waals surface area contributed by atoms with Gasteiger partial charge in [-0.1, -0.05) is 6.92 Å². The molecule has 0 spiro atoms. The molecule has 0 aromatic carbocycles. The van der Waals surface area contributed by atoms with E-state index in [0.29, 0.717) is 12.5 Å². The van der Waals surface area contributed by atoms with Gasteiger partial charge in [0.1, 0.15) is 11.3 Å². The van der Waals surface area contributed by atoms with Crippen molar-refractivity contribution in [1.29, 1.82) is 0 Å². The smallest absolute Gasteiger partial charge is 0.435 e. The summed E-state index contributed by atoms with van der Waals surface area (Å²) >= 11 is 0. The lowest BCUT2D eigenvalue weighted by atomic mass is 10.2. The molecule has 0 aliphatic heterocycles. The predicted octanol–water partition coefficient (Wildman–Crippen LogP) is 2.53. The van der Waals surface area contributed by atoms with E-state index in [1.54, 1.807) is 0 Å². The van der Waals surface area contributed by atoms with E-state index in [1.165, 1.54) is 0 Å². The molecule has 1 saturated carbocycles. The summed E-state index contributed by atoms with van der Waals surface area (Å²) < 4.78 is 41.9. The van der Waals surface area contributed by atoms with Crippen molar-refractivity contribution in [1.82, 2.24) is 10.2 Å². The first-order valence-electron chi connectivity index (χ1n) is 5.22. The summed E-state index contributed by atoms with van der Waals surface area (Å²) in [5, 5.41) is 5.08. The van der Waals surface area contributed by atoms with Gasteiger partial charge in [-0.3, -0.25) is 5.10 Å². The highest BCUT2D eigenvalue weighted by molar-refractivity contribution is 5.87. The molecule has 4 nitrogen and oxygen atoms in total. The number of hydrogen-bond acceptors (Lipinski definition) is 3. The minimum absolute atomic E-state index is 0.267. The molecule has 1 aliphatic rings. The molecule has 2 rings (SSSR count). The maximum absolute atomic E-state index is 12.2. The first kappa shape index (κ1) is 11.9. The highest BCUT2D eigenvalue weighted by Gasteiger charge is 2.45. The van der Waals surface area contributed by atoms with Gasteiger partial charge < -0.3 is 4.74 Å². The molecule has 0 unspecified atom stereocenters. The lowest BCUT2D eigenvalue weighted by Crippen LogP contribution is -2.18. The van der Waals surface area contributed by atoms with E-state index in [0.717, 1.165) is 12.8 Å². The van der Waals surface area contributed by atoms with Gasteiger partial charge in [0.05, 0.1) is 0 Å². The summed E-state index contributed by atoms with van der Waals surface area (Å²) in [7, 11) is 0. The molecule has 94 valence electrons. The fraction of sp³-hybridized carbons (Fsp3) is 0.600. The van der Waals surface area contributed by atoms with Crippen LogP contribution < -0.4 is 0 Å². The topological polar surface area (TPSA) is 55.0 Å². The Morgan fingerprint density at radius 3 is 2.65 bits per heavy atom. The molecule has 0 amide bonds. The number of carbonyl (C=O) groups excluding carboxylic acids is 1. The van der Waals surface area contributed by atoms with Crippen molar-refractivity contribution < 1.29 is 22.7 Å². The van der Waals surface area contributed by atoms with Gasteiger partial charge >= 0.3 is 12.1 Å². The van der Waals surface area contributed by atoms with Crippen molar-refractivity contribution in [2.24, 2.45) is 0 Å². The lowest BCUT2D eigenvalue weighted by Gasteiger charge is -2.12. The third-order valence-corrected chi connectivity index (χ3v) is 2.85. The fourth-order valence-electron chi connectivity index (χ4n) is 1.49. The van der Waals surface area contributed by atoms with E-state index < -0.39 is 23.4 Å². The van der Waals surface area contributed by atoms with Crippen LogP contribution in [-0.4, -0.2) is 21.8 Å². The van der Waals surface area contributed by atoms with Crippen LogP contribution in [0, 0.1) is 0 Å². The zero-order valence-corrected chi connectivity index (χ0v) is 9.10. The molecule has 1 aliphatic carbocycles. The van der Waals surface area contributed by atoms with Gasteiger partial charge in [-0.05, 0) is 19.3 Å². The molecule has 1 heterocycles. The minimum Gasteiger partial charge on any atom is -0.454 e. The second-order valence-corrected chi connectivity index (χ2v) is 4.09. The van der Waals surface area contributed by atoms with Crippen LogP contribution >= 0.6 is 0 Å². The number of aromatic amines is 1. The Labute approximate surface area is 95.1 Å². The van der Waals surface area contributed by atoms with Gasteiger partial charge in [-0.2, -0.15) is 18.3 Å². The third kappa shape index (κ3) is 2.42. The summed E-state index contributed by atoms with van der Waals surface area (Å²) in [6.45, 7) is 1.87. The summed E-state index contributed by atoms with van der Waals surface area (Å²) in [5.74, 6) is -0.785. The SMILES string of the molecule is CCC1(OC(=O)c2cc(C(F)(F)F)n[nH]2)CC1. The Kier molecular flexibility index (Phi) is 2.63. The van der Waals surface area contributed by atoms with Crippen LogP contribution in [-0.2, 0) is 10.9 Å². The van der Waals surface area contributed by atoms with Gasteiger partial charge in [-0.15, -0.1) is 0 Å². The van der Waals surface area contributed by atoms with Gasteiger partial charge in [0.2, 0.25) is 0 Å². The number of nitrogens with one attached hydrogen (secondary N) is 1. The number of alkyl halides is 3. The number of aromatic nitrogens is 2. The molecule has 1 N–H and O–H groups in total. The maximum atomic E-state index is 12.2. The van der Waals surface area contributed by atoms with Crippen molar-refractivity contribution >= 4 is 5.97 Å². The van der Waals surface area contributed by atoms with E-state index in [-0.39, 0.29) is 5.69 Å². The summed E-state index contributed by atoms with van der Waals surface area (Å²) in [5.41, 5.74) is -1.86. The second kappa shape index (κ2) is 3.75. The van der Waals surface area contributed by atoms with Crippen LogP contribution in [0.4, 0.5) is 13.2 Å². The Morgan fingerprint density at radius 1 is 1.59 bits per heavy atom. The van der Waals surface area contributed by atoms with Crippen molar-refractivity contribution in [2.75, 3.05) is 0 Å². The molecule has 1 aromatic rings. The fourth-order valence-corrected chi connectivity index (χ4v) is 1.49. The van der Waals surface area contributed by atoms with Crippen LogP contribution in [0.2, 0.25) is 0 Å². The lowest BCUT2D eigenvalue weighted by molar-refractivity contribution is -0.141. The average molecular weight is 248 g/mol. The summed E-state index contributed by atoms with van der Waals surface area (Å²) in [6.07, 6.45) is -2.37. The highest BCUT2D eigenvalue weighted by atomic mass is 19.4. The molecule has 0 saturated heterocycles. The van der Waals surface area contributed by atoms with E-state index >= 15 is 0 Å². The summed E-state index contributed by atoms with van der Waals surface area (Å²) in [4.78, 5) is 11.5. The molecule has 1 aromatic heterocycles. The quantitative estimate of drug-likeness (QED) is 0.836. The number of hydrogen-bond donors (Lipinski definition) is 1. The largest absolute Gasteiger partial charge is 0.454 e. The highest BCUT2D eigenvalue weighted by Crippen LogP contribution is 2.43. The van der Waals surface area contributed by atoms with Gasteiger partial charge in [0, 0.05) is 6.07 Å². The molecular formula is C10H11F3N2O2. The molecule has 0 radical (unpaired) electrons. The third-order valence-electron chi connectivity index (χ3n) is 2.85. The van der Waals surface area contributed by atoms with E-state index in [4.69, 9.17) is 4.74 Å². The van der Waals surface area contributed by atoms with Crippen LogP contribution in [0.1, 0.15) is 42.4 Å². The van der Waals surface area contributed by atoms with Crippen molar-refractivity contribution in [3.8, 4) is 0 Å². The number of nitrogens with zero attached hydrogens (tertiary/aromatic N) is 1. The Balaban J connectivity index is 2.08. The van der Waals surface area contributed by atoms with Crippen LogP contribution in [0.5, 0.6) is 0 Å². The number of rotatable bonds is 3. The molecule has 0 atom stereocenters. The average Bonchev–Trinajstić information content (AvgIpc) is 2.81. The normalized spacial score (nSPS) is 17.9. The monoisotopic (exact) mass is 248 g/mol. The van der Waals surface area contributed by atoms with Crippen molar-refractivity contribution in [3.05, 3.63) is 17.5 Å². The number of esters is 1. The van der Waals surface area contributed by atoms with Crippen LogP contribution in [0.3, 0.4) is 0 Å². The molecule has 1 fully saturated rings. The number of H-pyrrole nitrogens is 1. The minimum atomic E-state index is -4.56. The summed E-state index contributed by atoms with van der Waals surface area (Å²) in [6, 6.07) is 0.661. The Hall–Kier alpha value is -1.53. The van der Waals surface area contributed by atoms with Gasteiger partial charge in [0.15, 0.2) is 5.69 Å². The zero-order valence-electron chi connectivity index (χ0n) is 9.10. The standard InChI is InChI=1S/C10H11F3N2O2/c1-2-9(3-4-9)17-8(16)6-5-7(15-14-6)10(11,12)13/h5H,2-4H2,1H3,(H,14,15). The van der Waals surface area contributed by atoms with Gasteiger partial charge in [-0.25, -0.2) is 4.79 Å². The van der Waals surface area contributed by atoms with E-state index in [9.17, 15) is 18.0 Å². The van der Waals surface area contributed by atoms with Crippen LogP contribution in [0.25, 0.3) is 0 Å². The molecule has 17 heavy (non-hydrogen) atoms. The van der Waals surface area contributed by atoms with Crippen LogP contribution in [0.15, 0.2) is 6.07 Å². The zero-order chi connectivity index (χ0) is 12.7. The van der Waals surface area contributed by atoms with Gasteiger partial charge in [0.25, 0.3) is 0 Å². The predicted molar refractivity (Wildman–Crippen MR) is 51.3 cm³/mol.